The predicted octanol–water partition coefficient (Wildman–Crippen LogP) is 6.07. The molecule has 0 aliphatic carbocycles. The van der Waals surface area contributed by atoms with E-state index in [0.29, 0.717) is 30.0 Å². The number of methoxy groups -OCH3 is 1. The van der Waals surface area contributed by atoms with Crippen LogP contribution in [0.1, 0.15) is 49.7 Å². The van der Waals surface area contributed by atoms with E-state index in [0.717, 1.165) is 12.0 Å². The van der Waals surface area contributed by atoms with Crippen LogP contribution in [0.3, 0.4) is 0 Å². The van der Waals surface area contributed by atoms with Crippen LogP contribution in [0.5, 0.6) is 0 Å². The minimum atomic E-state index is -1.16. The molecule has 0 saturated carbocycles. The molecule has 1 aliphatic heterocycles. The van der Waals surface area contributed by atoms with Crippen molar-refractivity contribution in [3.8, 4) is 0 Å². The zero-order valence-corrected chi connectivity index (χ0v) is 21.4. The van der Waals surface area contributed by atoms with E-state index in [-0.39, 0.29) is 33.7 Å². The predicted molar refractivity (Wildman–Crippen MR) is 137 cm³/mol. The maximum Gasteiger partial charge on any atom is 0.336 e. The largest absolute Gasteiger partial charge is 0.478 e. The van der Waals surface area contributed by atoms with Crippen molar-refractivity contribution in [2.45, 2.75) is 38.5 Å². The molecule has 0 bridgehead atoms. The molecule has 2 unspecified atom stereocenters. The summed E-state index contributed by atoms with van der Waals surface area (Å²) in [7, 11) is 1.66. The molecule has 2 aromatic carbocycles. The van der Waals surface area contributed by atoms with E-state index in [9.17, 15) is 14.7 Å². The average Bonchev–Trinajstić information content (AvgIpc) is 2.82. The van der Waals surface area contributed by atoms with Gasteiger partial charge in [-0.1, -0.05) is 65.7 Å². The summed E-state index contributed by atoms with van der Waals surface area (Å²) in [6.45, 7) is 4.12. The van der Waals surface area contributed by atoms with Crippen molar-refractivity contribution in [2.24, 2.45) is 0 Å². The third-order valence-corrected chi connectivity index (χ3v) is 6.98. The molecule has 8 heteroatoms. The van der Waals surface area contributed by atoms with E-state index in [4.69, 9.17) is 32.7 Å². The van der Waals surface area contributed by atoms with Crippen molar-refractivity contribution in [3.05, 3.63) is 92.2 Å². The van der Waals surface area contributed by atoms with Crippen LogP contribution < -0.4 is 5.32 Å². The fraction of sp³-hybridized carbons (Fsp3) is 0.333. The number of esters is 1. The van der Waals surface area contributed by atoms with Crippen LogP contribution in [0.15, 0.2) is 71.1 Å². The number of carboxylic acids is 1. The van der Waals surface area contributed by atoms with Crippen LogP contribution in [0.4, 0.5) is 0 Å². The maximum absolute atomic E-state index is 13.4. The van der Waals surface area contributed by atoms with Crippen molar-refractivity contribution in [3.63, 3.8) is 0 Å². The zero-order valence-electron chi connectivity index (χ0n) is 19.9. The standard InChI is InChI=1S/C27H29Cl2NO5/c1-16-22(26(31)32)24(20-10-7-11-21(28)25(20)29)23(17(2)30-16)27(33)35-15-13-19(12-14-34-3)18-8-5-4-6-9-18/h4-11,19,24,30H,12-15H2,1-3H3,(H,31,32). The molecule has 1 heterocycles. The molecule has 2 aromatic rings. The SMILES string of the molecule is COCCC(CCOC(=O)C1=C(C)NC(C)=C(C(=O)O)C1c1cccc(Cl)c1Cl)c1ccccc1. The number of rotatable bonds is 10. The summed E-state index contributed by atoms with van der Waals surface area (Å²) in [6, 6.07) is 15.0. The summed E-state index contributed by atoms with van der Waals surface area (Å²) in [4.78, 5) is 25.6. The number of hydrogen-bond acceptors (Lipinski definition) is 5. The lowest BCUT2D eigenvalue weighted by molar-refractivity contribution is -0.139. The van der Waals surface area contributed by atoms with Crippen LogP contribution in [0, 0.1) is 0 Å². The Morgan fingerprint density at radius 3 is 2.29 bits per heavy atom. The molecule has 6 nitrogen and oxygen atoms in total. The van der Waals surface area contributed by atoms with Crippen molar-refractivity contribution < 1.29 is 24.2 Å². The first-order chi connectivity index (χ1) is 16.8. The van der Waals surface area contributed by atoms with Gasteiger partial charge in [0.05, 0.1) is 33.7 Å². The number of carbonyl (C=O) groups is 2. The minimum absolute atomic E-state index is 0.0222. The Morgan fingerprint density at radius 1 is 0.971 bits per heavy atom. The molecule has 2 atom stereocenters. The molecule has 0 amide bonds. The Balaban J connectivity index is 1.86. The number of dihydropyridines is 1. The number of hydrogen-bond donors (Lipinski definition) is 2. The van der Waals surface area contributed by atoms with Gasteiger partial charge >= 0.3 is 11.9 Å². The second-order valence-corrected chi connectivity index (χ2v) is 9.18. The Labute approximate surface area is 215 Å². The summed E-state index contributed by atoms with van der Waals surface area (Å²) in [5.74, 6) is -2.53. The maximum atomic E-state index is 13.4. The molecular formula is C27H29Cl2NO5. The lowest BCUT2D eigenvalue weighted by Gasteiger charge is -2.30. The van der Waals surface area contributed by atoms with Gasteiger partial charge in [0.25, 0.3) is 0 Å². The molecule has 2 N–H and O–H groups in total. The molecule has 1 aliphatic rings. The molecular weight excluding hydrogens is 489 g/mol. The van der Waals surface area contributed by atoms with Gasteiger partial charge in [-0.2, -0.15) is 0 Å². The van der Waals surface area contributed by atoms with E-state index in [1.165, 1.54) is 0 Å². The summed E-state index contributed by atoms with van der Waals surface area (Å²) in [5.41, 5.74) is 2.74. The van der Waals surface area contributed by atoms with Gasteiger partial charge in [-0.15, -0.1) is 0 Å². The summed E-state index contributed by atoms with van der Waals surface area (Å²) >= 11 is 12.7. The number of ether oxygens (including phenoxy) is 2. The molecule has 35 heavy (non-hydrogen) atoms. The van der Waals surface area contributed by atoms with Crippen LogP contribution in [0.25, 0.3) is 0 Å². The first kappa shape index (κ1) is 26.8. The first-order valence-corrected chi connectivity index (χ1v) is 12.1. The Hall–Kier alpha value is -2.80. The Kier molecular flexibility index (Phi) is 9.38. The highest BCUT2D eigenvalue weighted by Gasteiger charge is 2.38. The van der Waals surface area contributed by atoms with Gasteiger partial charge in [-0.3, -0.25) is 0 Å². The van der Waals surface area contributed by atoms with Gasteiger partial charge in [0, 0.05) is 25.1 Å². The number of carbonyl (C=O) groups excluding carboxylic acids is 1. The summed E-state index contributed by atoms with van der Waals surface area (Å²) < 4.78 is 11.0. The second kappa shape index (κ2) is 12.2. The lowest BCUT2D eigenvalue weighted by atomic mass is 9.80. The van der Waals surface area contributed by atoms with Gasteiger partial charge in [-0.25, -0.2) is 9.59 Å². The summed E-state index contributed by atoms with van der Waals surface area (Å²) in [5, 5.41) is 13.5. The van der Waals surface area contributed by atoms with E-state index in [1.807, 2.05) is 30.3 Å². The number of carboxylic acid groups (broad SMARTS) is 1. The average molecular weight is 518 g/mol. The van der Waals surface area contributed by atoms with Gasteiger partial charge in [-0.05, 0) is 49.8 Å². The normalized spacial score (nSPS) is 16.7. The number of nitrogens with one attached hydrogen (secondary N) is 1. The topological polar surface area (TPSA) is 84.9 Å². The van der Waals surface area contributed by atoms with E-state index < -0.39 is 17.9 Å². The van der Waals surface area contributed by atoms with Gasteiger partial charge in [0.15, 0.2) is 0 Å². The van der Waals surface area contributed by atoms with Crippen molar-refractivity contribution in [2.75, 3.05) is 20.3 Å². The Bertz CT molecular complexity index is 1140. The Morgan fingerprint density at radius 2 is 1.63 bits per heavy atom. The highest BCUT2D eigenvalue weighted by atomic mass is 35.5. The third kappa shape index (κ3) is 6.26. The fourth-order valence-electron chi connectivity index (χ4n) is 4.44. The molecule has 0 fully saturated rings. The zero-order chi connectivity index (χ0) is 25.5. The molecule has 0 saturated heterocycles. The van der Waals surface area contributed by atoms with Crippen LogP contribution in [0.2, 0.25) is 10.0 Å². The van der Waals surface area contributed by atoms with Crippen molar-refractivity contribution in [1.82, 2.24) is 5.32 Å². The minimum Gasteiger partial charge on any atom is -0.478 e. The second-order valence-electron chi connectivity index (χ2n) is 8.40. The third-order valence-electron chi connectivity index (χ3n) is 6.14. The smallest absolute Gasteiger partial charge is 0.336 e. The number of allylic oxidation sites excluding steroid dienone is 2. The molecule has 3 rings (SSSR count). The quantitative estimate of drug-likeness (QED) is 0.372. The van der Waals surface area contributed by atoms with Crippen molar-refractivity contribution >= 4 is 35.1 Å². The highest BCUT2D eigenvalue weighted by Crippen LogP contribution is 2.43. The lowest BCUT2D eigenvalue weighted by Crippen LogP contribution is -2.32. The molecule has 186 valence electrons. The monoisotopic (exact) mass is 517 g/mol. The van der Waals surface area contributed by atoms with E-state index in [2.05, 4.69) is 5.32 Å². The van der Waals surface area contributed by atoms with Gasteiger partial charge in [0.2, 0.25) is 0 Å². The molecule has 0 spiro atoms. The fourth-order valence-corrected chi connectivity index (χ4v) is 4.85. The van der Waals surface area contributed by atoms with Gasteiger partial charge < -0.3 is 19.9 Å². The van der Waals surface area contributed by atoms with Gasteiger partial charge in [0.1, 0.15) is 0 Å². The number of halogens is 2. The van der Waals surface area contributed by atoms with E-state index >= 15 is 0 Å². The number of aliphatic carboxylic acids is 1. The van der Waals surface area contributed by atoms with E-state index in [1.54, 1.807) is 39.2 Å². The number of benzene rings is 2. The van der Waals surface area contributed by atoms with Crippen LogP contribution >= 0.6 is 23.2 Å². The molecule has 0 radical (unpaired) electrons. The van der Waals surface area contributed by atoms with Crippen LogP contribution in [-0.2, 0) is 19.1 Å². The highest BCUT2D eigenvalue weighted by molar-refractivity contribution is 6.42. The van der Waals surface area contributed by atoms with Crippen molar-refractivity contribution in [1.29, 1.82) is 0 Å². The summed E-state index contributed by atoms with van der Waals surface area (Å²) in [6.07, 6.45) is 1.38. The van der Waals surface area contributed by atoms with Crippen LogP contribution in [-0.4, -0.2) is 37.4 Å². The first-order valence-electron chi connectivity index (χ1n) is 11.3. The molecule has 0 aromatic heterocycles.